The fourth-order valence-electron chi connectivity index (χ4n) is 5.27. The van der Waals surface area contributed by atoms with E-state index in [2.05, 4.69) is 53.0 Å². The minimum atomic E-state index is -4.33. The number of halogens is 3. The molecule has 42 heavy (non-hydrogen) atoms. The number of rotatable bonds is 8. The fraction of sp³-hybridized carbons (Fsp3) is 0.353. The molecule has 0 aliphatic carbocycles. The summed E-state index contributed by atoms with van der Waals surface area (Å²) >= 11 is 0. The lowest BCUT2D eigenvalue weighted by atomic mass is 10.0. The van der Waals surface area contributed by atoms with Gasteiger partial charge in [0, 0.05) is 49.9 Å². The summed E-state index contributed by atoms with van der Waals surface area (Å²) in [6, 6.07) is 24.1. The number of carbonyl (C=O) groups excluding carboxylic acids is 1. The summed E-state index contributed by atoms with van der Waals surface area (Å²) in [5.74, 6) is 0.615. The Balaban J connectivity index is 0.000000385. The Hall–Kier alpha value is -3.75. The first-order valence-electron chi connectivity index (χ1n) is 14.3. The second kappa shape index (κ2) is 14.4. The summed E-state index contributed by atoms with van der Waals surface area (Å²) < 4.78 is 38.5. The molecule has 2 heterocycles. The molecule has 0 amide bonds. The van der Waals surface area contributed by atoms with Gasteiger partial charge >= 0.3 is 6.18 Å². The van der Waals surface area contributed by atoms with Gasteiger partial charge in [0.1, 0.15) is 12.1 Å². The zero-order chi connectivity index (χ0) is 30.1. The first kappa shape index (κ1) is 31.2. The standard InChI is InChI=1S/C26H31F3N4.C8H8O/c1-18-5-4-6-20(15-18)16-32(3)23-11-13-33(14-12-23)17-24-19(2)30-25(31-24)21-7-9-22(10-8-21)26(27,28)29;9-7-6-8-4-2-1-3-5-8/h4-10,15,23H,11-14,16-17H2,1-3H3,(H,30,31);1-5,7H,6H2. The molecule has 1 aliphatic heterocycles. The number of imidazole rings is 1. The zero-order valence-electron chi connectivity index (χ0n) is 24.5. The van der Waals surface area contributed by atoms with Crippen molar-refractivity contribution in [2.45, 2.75) is 58.4 Å². The molecule has 1 N–H and O–H groups in total. The van der Waals surface area contributed by atoms with Crippen LogP contribution in [0.3, 0.4) is 0 Å². The van der Waals surface area contributed by atoms with Crippen molar-refractivity contribution < 1.29 is 18.0 Å². The van der Waals surface area contributed by atoms with Gasteiger partial charge < -0.3 is 9.78 Å². The first-order valence-corrected chi connectivity index (χ1v) is 14.3. The highest BCUT2D eigenvalue weighted by Gasteiger charge is 2.30. The minimum Gasteiger partial charge on any atom is -0.342 e. The van der Waals surface area contributed by atoms with Gasteiger partial charge in [0.05, 0.1) is 11.3 Å². The molecule has 1 fully saturated rings. The Labute approximate surface area is 246 Å². The number of nitrogens with zero attached hydrogens (tertiary/aromatic N) is 3. The maximum absolute atomic E-state index is 12.8. The smallest absolute Gasteiger partial charge is 0.342 e. The van der Waals surface area contributed by atoms with E-state index < -0.39 is 11.7 Å². The normalized spacial score (nSPS) is 14.5. The summed E-state index contributed by atoms with van der Waals surface area (Å²) in [7, 11) is 2.21. The summed E-state index contributed by atoms with van der Waals surface area (Å²) in [6.45, 7) is 7.81. The monoisotopic (exact) mass is 576 g/mol. The Morgan fingerprint density at radius 2 is 1.62 bits per heavy atom. The zero-order valence-corrected chi connectivity index (χ0v) is 24.5. The number of likely N-dealkylation sites (tertiary alicyclic amines) is 1. The number of benzene rings is 3. The largest absolute Gasteiger partial charge is 0.416 e. The topological polar surface area (TPSA) is 52.2 Å². The predicted octanol–water partition coefficient (Wildman–Crippen LogP) is 7.24. The molecule has 222 valence electrons. The second-order valence-electron chi connectivity index (χ2n) is 11.0. The van der Waals surface area contributed by atoms with Gasteiger partial charge in [-0.05, 0) is 57.0 Å². The second-order valence-corrected chi connectivity index (χ2v) is 11.0. The van der Waals surface area contributed by atoms with Crippen molar-refractivity contribution in [1.82, 2.24) is 19.8 Å². The van der Waals surface area contributed by atoms with Gasteiger partial charge in [-0.3, -0.25) is 9.80 Å². The van der Waals surface area contributed by atoms with Gasteiger partial charge in [-0.15, -0.1) is 0 Å². The molecular weight excluding hydrogens is 537 g/mol. The van der Waals surface area contributed by atoms with Gasteiger partial charge in [0.2, 0.25) is 0 Å². The number of H-pyrrole nitrogens is 1. The minimum absolute atomic E-state index is 0.529. The molecule has 1 aromatic heterocycles. The quantitative estimate of drug-likeness (QED) is 0.225. The number of alkyl halides is 3. The molecule has 5 nitrogen and oxygen atoms in total. The fourth-order valence-corrected chi connectivity index (χ4v) is 5.27. The van der Waals surface area contributed by atoms with Crippen LogP contribution in [-0.4, -0.2) is 52.2 Å². The number of nitrogens with one attached hydrogen (secondary N) is 1. The molecule has 4 aromatic rings. The Bertz CT molecular complexity index is 1410. The van der Waals surface area contributed by atoms with Gasteiger partial charge in [0.25, 0.3) is 0 Å². The van der Waals surface area contributed by atoms with E-state index in [4.69, 9.17) is 4.98 Å². The summed E-state index contributed by atoms with van der Waals surface area (Å²) in [6.07, 6.45) is -0.672. The summed E-state index contributed by atoms with van der Waals surface area (Å²) in [5, 5.41) is 0. The van der Waals surface area contributed by atoms with Crippen LogP contribution < -0.4 is 0 Å². The van der Waals surface area contributed by atoms with E-state index in [0.717, 1.165) is 74.4 Å². The van der Waals surface area contributed by atoms with Gasteiger partial charge in [0.15, 0.2) is 0 Å². The molecular formula is C34H39F3N4O. The third kappa shape index (κ3) is 8.87. The first-order chi connectivity index (χ1) is 20.1. The molecule has 1 saturated heterocycles. The van der Waals surface area contributed by atoms with E-state index in [1.807, 2.05) is 37.3 Å². The Morgan fingerprint density at radius 3 is 2.24 bits per heavy atom. The average Bonchev–Trinajstić information content (AvgIpc) is 3.34. The lowest BCUT2D eigenvalue weighted by Gasteiger charge is -2.36. The van der Waals surface area contributed by atoms with Crippen molar-refractivity contribution in [2.75, 3.05) is 20.1 Å². The van der Waals surface area contributed by atoms with E-state index in [9.17, 15) is 18.0 Å². The van der Waals surface area contributed by atoms with Crippen LogP contribution in [0.4, 0.5) is 13.2 Å². The van der Waals surface area contributed by atoms with Crippen LogP contribution in [0.2, 0.25) is 0 Å². The number of hydrogen-bond donors (Lipinski definition) is 1. The lowest BCUT2D eigenvalue weighted by Crippen LogP contribution is -2.42. The van der Waals surface area contributed by atoms with Crippen molar-refractivity contribution in [3.8, 4) is 11.4 Å². The van der Waals surface area contributed by atoms with Crippen LogP contribution in [0.15, 0.2) is 78.9 Å². The summed E-state index contributed by atoms with van der Waals surface area (Å²) in [4.78, 5) is 22.8. The van der Waals surface area contributed by atoms with Crippen molar-refractivity contribution in [2.24, 2.45) is 0 Å². The Morgan fingerprint density at radius 1 is 0.952 bits per heavy atom. The third-order valence-electron chi connectivity index (χ3n) is 7.70. The van der Waals surface area contributed by atoms with Crippen LogP contribution in [0.5, 0.6) is 0 Å². The van der Waals surface area contributed by atoms with E-state index >= 15 is 0 Å². The SMILES string of the molecule is Cc1cccc(CN(C)C2CCN(Cc3nc(-c4ccc(C(F)(F)F)cc4)[nH]c3C)CC2)c1.O=CCc1ccccc1. The molecule has 3 aromatic carbocycles. The highest BCUT2D eigenvalue weighted by molar-refractivity contribution is 5.56. The number of aromatic nitrogens is 2. The maximum atomic E-state index is 12.8. The van der Waals surface area contributed by atoms with Crippen molar-refractivity contribution >= 4 is 6.29 Å². The third-order valence-corrected chi connectivity index (χ3v) is 7.70. The Kier molecular flexibility index (Phi) is 10.7. The van der Waals surface area contributed by atoms with E-state index in [1.54, 1.807) is 0 Å². The van der Waals surface area contributed by atoms with E-state index in [0.29, 0.717) is 23.9 Å². The maximum Gasteiger partial charge on any atom is 0.416 e. The predicted molar refractivity (Wildman–Crippen MR) is 161 cm³/mol. The molecule has 0 saturated carbocycles. The number of aldehydes is 1. The lowest BCUT2D eigenvalue weighted by molar-refractivity contribution is -0.137. The van der Waals surface area contributed by atoms with Gasteiger partial charge in [-0.1, -0.05) is 72.3 Å². The van der Waals surface area contributed by atoms with E-state index in [1.165, 1.54) is 23.3 Å². The van der Waals surface area contributed by atoms with Crippen molar-refractivity contribution in [3.05, 3.63) is 113 Å². The van der Waals surface area contributed by atoms with Crippen molar-refractivity contribution in [1.29, 1.82) is 0 Å². The summed E-state index contributed by atoms with van der Waals surface area (Å²) in [5.41, 5.74) is 5.65. The number of aromatic amines is 1. The van der Waals surface area contributed by atoms with E-state index in [-0.39, 0.29) is 0 Å². The van der Waals surface area contributed by atoms with Gasteiger partial charge in [-0.25, -0.2) is 4.98 Å². The molecule has 0 unspecified atom stereocenters. The molecule has 1 aliphatic rings. The molecule has 0 bridgehead atoms. The highest BCUT2D eigenvalue weighted by Crippen LogP contribution is 2.31. The number of piperidine rings is 1. The highest BCUT2D eigenvalue weighted by atomic mass is 19.4. The number of hydrogen-bond acceptors (Lipinski definition) is 4. The molecule has 0 spiro atoms. The van der Waals surface area contributed by atoms with Crippen LogP contribution in [-0.2, 0) is 30.5 Å². The van der Waals surface area contributed by atoms with Crippen molar-refractivity contribution in [3.63, 3.8) is 0 Å². The van der Waals surface area contributed by atoms with Crippen LogP contribution >= 0.6 is 0 Å². The number of carbonyl (C=O) groups is 1. The van der Waals surface area contributed by atoms with Crippen LogP contribution in [0, 0.1) is 13.8 Å². The molecule has 0 atom stereocenters. The molecule has 5 rings (SSSR count). The van der Waals surface area contributed by atoms with Crippen LogP contribution in [0.25, 0.3) is 11.4 Å². The molecule has 0 radical (unpaired) electrons. The average molecular weight is 577 g/mol. The van der Waals surface area contributed by atoms with Crippen LogP contribution in [0.1, 0.15) is 46.5 Å². The van der Waals surface area contributed by atoms with Gasteiger partial charge in [-0.2, -0.15) is 13.2 Å². The number of aryl methyl sites for hydroxylation is 2. The molecule has 8 heteroatoms.